The second-order valence-electron chi connectivity index (χ2n) is 6.86. The molecule has 7 nitrogen and oxygen atoms in total. The van der Waals surface area contributed by atoms with Crippen LogP contribution >= 0.6 is 0 Å². The van der Waals surface area contributed by atoms with E-state index in [-0.39, 0.29) is 18.6 Å². The highest BCUT2D eigenvalue weighted by molar-refractivity contribution is 5.94. The molecule has 3 rings (SSSR count). The molecule has 27 heavy (non-hydrogen) atoms. The Balaban J connectivity index is 1.70. The number of nitrogens with zero attached hydrogens (tertiary/aromatic N) is 3. The topological polar surface area (TPSA) is 81.8 Å². The summed E-state index contributed by atoms with van der Waals surface area (Å²) in [7, 11) is 0. The van der Waals surface area contributed by atoms with Gasteiger partial charge < -0.3 is 19.7 Å². The number of anilines is 1. The van der Waals surface area contributed by atoms with Crippen molar-refractivity contribution in [3.8, 4) is 0 Å². The van der Waals surface area contributed by atoms with Crippen LogP contribution in [0.15, 0.2) is 34.9 Å². The second kappa shape index (κ2) is 9.01. The van der Waals surface area contributed by atoms with E-state index in [1.54, 1.807) is 12.3 Å². The molecule has 1 fully saturated rings. The summed E-state index contributed by atoms with van der Waals surface area (Å²) in [4.78, 5) is 21.1. The van der Waals surface area contributed by atoms with E-state index >= 15 is 0 Å². The van der Waals surface area contributed by atoms with Crippen molar-refractivity contribution in [2.75, 3.05) is 37.7 Å². The first-order chi connectivity index (χ1) is 13.1. The Labute approximate surface area is 160 Å². The number of hydrogen-bond acceptors (Lipinski definition) is 6. The zero-order valence-corrected chi connectivity index (χ0v) is 16.0. The van der Waals surface area contributed by atoms with Crippen LogP contribution in [0.3, 0.4) is 0 Å². The zero-order chi connectivity index (χ0) is 19.2. The molecule has 1 atom stereocenters. The van der Waals surface area contributed by atoms with E-state index in [1.165, 1.54) is 0 Å². The van der Waals surface area contributed by atoms with Crippen LogP contribution in [0.5, 0.6) is 0 Å². The molecule has 2 aromatic heterocycles. The molecule has 146 valence electrons. The maximum Gasteiger partial charge on any atom is 0.251 e. The summed E-state index contributed by atoms with van der Waals surface area (Å²) >= 11 is 0. The van der Waals surface area contributed by atoms with Crippen molar-refractivity contribution in [3.05, 3.63) is 47.5 Å². The Hall–Kier alpha value is -2.38. The number of hydrogen-bond donors (Lipinski definition) is 2. The number of aliphatic hydroxyl groups excluding tert-OH is 1. The third kappa shape index (κ3) is 4.87. The molecule has 0 spiro atoms. The van der Waals surface area contributed by atoms with Crippen molar-refractivity contribution in [3.63, 3.8) is 0 Å². The van der Waals surface area contributed by atoms with Crippen molar-refractivity contribution in [1.29, 1.82) is 0 Å². The lowest BCUT2D eigenvalue weighted by Crippen LogP contribution is -2.53. The number of carbonyl (C=O) groups excluding carboxylic acids is 1. The fourth-order valence-electron chi connectivity index (χ4n) is 3.50. The first-order valence-electron chi connectivity index (χ1n) is 9.50. The summed E-state index contributed by atoms with van der Waals surface area (Å²) in [5.74, 6) is 2.57. The van der Waals surface area contributed by atoms with Gasteiger partial charge in [-0.15, -0.1) is 0 Å². The third-order valence-electron chi connectivity index (χ3n) is 4.89. The van der Waals surface area contributed by atoms with Crippen molar-refractivity contribution in [2.24, 2.45) is 0 Å². The number of aryl methyl sites for hydroxylation is 1. The molecule has 1 amide bonds. The molecule has 1 aliphatic heterocycles. The van der Waals surface area contributed by atoms with Gasteiger partial charge in [-0.1, -0.05) is 0 Å². The van der Waals surface area contributed by atoms with Crippen LogP contribution in [0.4, 0.5) is 5.82 Å². The largest absolute Gasteiger partial charge is 0.465 e. The molecule has 1 aliphatic rings. The maximum atomic E-state index is 12.1. The molecule has 0 aromatic carbocycles. The van der Waals surface area contributed by atoms with Crippen molar-refractivity contribution in [2.45, 2.75) is 32.9 Å². The van der Waals surface area contributed by atoms with Crippen LogP contribution in [-0.4, -0.2) is 59.7 Å². The molecule has 0 bridgehead atoms. The molecule has 0 radical (unpaired) electrons. The van der Waals surface area contributed by atoms with Gasteiger partial charge >= 0.3 is 0 Å². The maximum absolute atomic E-state index is 12.1. The van der Waals surface area contributed by atoms with Gasteiger partial charge in [0.1, 0.15) is 17.3 Å². The SMILES string of the molecule is CCNC(=O)c1ccnc(N2CCN(Cc3ccc(C)o3)[C@@H](CCO)C2)c1. The van der Waals surface area contributed by atoms with Crippen LogP contribution in [0.25, 0.3) is 0 Å². The van der Waals surface area contributed by atoms with E-state index in [2.05, 4.69) is 20.1 Å². The minimum absolute atomic E-state index is 0.0834. The van der Waals surface area contributed by atoms with E-state index in [1.807, 2.05) is 32.0 Å². The molecular formula is C20H28N4O3. The fraction of sp³-hybridized carbons (Fsp3) is 0.500. The number of piperazine rings is 1. The van der Waals surface area contributed by atoms with Crippen LogP contribution in [0.1, 0.15) is 35.2 Å². The van der Waals surface area contributed by atoms with E-state index in [4.69, 9.17) is 4.42 Å². The highest BCUT2D eigenvalue weighted by Crippen LogP contribution is 2.22. The number of nitrogens with one attached hydrogen (secondary N) is 1. The Bertz CT molecular complexity index is 761. The minimum atomic E-state index is -0.0834. The van der Waals surface area contributed by atoms with Crippen molar-refractivity contribution in [1.82, 2.24) is 15.2 Å². The first-order valence-corrected chi connectivity index (χ1v) is 9.50. The molecule has 3 heterocycles. The lowest BCUT2D eigenvalue weighted by Gasteiger charge is -2.41. The summed E-state index contributed by atoms with van der Waals surface area (Å²) < 4.78 is 5.71. The summed E-state index contributed by atoms with van der Waals surface area (Å²) in [5.41, 5.74) is 0.619. The number of carbonyl (C=O) groups is 1. The fourth-order valence-corrected chi connectivity index (χ4v) is 3.50. The Morgan fingerprint density at radius 2 is 2.22 bits per heavy atom. The first kappa shape index (κ1) is 19.4. The second-order valence-corrected chi connectivity index (χ2v) is 6.86. The van der Waals surface area contributed by atoms with Crippen molar-refractivity contribution < 1.29 is 14.3 Å². The van der Waals surface area contributed by atoms with Gasteiger partial charge in [0.25, 0.3) is 5.91 Å². The lowest BCUT2D eigenvalue weighted by atomic mass is 10.1. The highest BCUT2D eigenvalue weighted by atomic mass is 16.3. The Morgan fingerprint density at radius 1 is 1.37 bits per heavy atom. The number of aromatic nitrogens is 1. The number of aliphatic hydroxyl groups is 1. The lowest BCUT2D eigenvalue weighted by molar-refractivity contribution is 0.0955. The molecule has 1 saturated heterocycles. The van der Waals surface area contributed by atoms with E-state index < -0.39 is 0 Å². The monoisotopic (exact) mass is 372 g/mol. The van der Waals surface area contributed by atoms with Gasteiger partial charge in [0.05, 0.1) is 6.54 Å². The Kier molecular flexibility index (Phi) is 6.47. The van der Waals surface area contributed by atoms with Gasteiger partial charge in [-0.05, 0) is 44.5 Å². The summed E-state index contributed by atoms with van der Waals surface area (Å²) in [6.45, 7) is 7.73. The quantitative estimate of drug-likeness (QED) is 0.771. The normalized spacial score (nSPS) is 17.9. The van der Waals surface area contributed by atoms with Gasteiger partial charge in [-0.2, -0.15) is 0 Å². The van der Waals surface area contributed by atoms with Crippen LogP contribution in [-0.2, 0) is 6.54 Å². The molecule has 0 aliphatic carbocycles. The van der Waals surface area contributed by atoms with Gasteiger partial charge in [0.2, 0.25) is 0 Å². The molecule has 2 aromatic rings. The van der Waals surface area contributed by atoms with E-state index in [0.29, 0.717) is 18.5 Å². The number of pyridine rings is 1. The van der Waals surface area contributed by atoms with Crippen molar-refractivity contribution >= 4 is 11.7 Å². The molecule has 0 saturated carbocycles. The minimum Gasteiger partial charge on any atom is -0.465 e. The predicted molar refractivity (Wildman–Crippen MR) is 104 cm³/mol. The average Bonchev–Trinajstić information content (AvgIpc) is 3.08. The number of furan rings is 1. The van der Waals surface area contributed by atoms with E-state index in [9.17, 15) is 9.90 Å². The molecule has 2 N–H and O–H groups in total. The van der Waals surface area contributed by atoms with Gasteiger partial charge in [0.15, 0.2) is 0 Å². The van der Waals surface area contributed by atoms with Crippen LogP contribution in [0, 0.1) is 6.92 Å². The number of rotatable bonds is 7. The average molecular weight is 372 g/mol. The molecule has 7 heteroatoms. The standard InChI is InChI=1S/C20H28N4O3/c1-3-21-20(26)16-6-8-22-19(12-16)24-10-9-23(17(13-24)7-11-25)14-18-5-4-15(2)27-18/h4-6,8,12,17,25H,3,7,9-11,13-14H2,1-2H3,(H,21,26)/t17-/m0/s1. The van der Waals surface area contributed by atoms with Crippen LogP contribution < -0.4 is 10.2 Å². The molecule has 0 unspecified atom stereocenters. The number of amides is 1. The van der Waals surface area contributed by atoms with E-state index in [0.717, 1.165) is 43.5 Å². The molecular weight excluding hydrogens is 344 g/mol. The summed E-state index contributed by atoms with van der Waals surface area (Å²) in [6, 6.07) is 7.75. The zero-order valence-electron chi connectivity index (χ0n) is 16.0. The predicted octanol–water partition coefficient (Wildman–Crippen LogP) is 1.81. The third-order valence-corrected chi connectivity index (χ3v) is 4.89. The highest BCUT2D eigenvalue weighted by Gasteiger charge is 2.28. The van der Waals surface area contributed by atoms with Gasteiger partial charge in [-0.3, -0.25) is 9.69 Å². The van der Waals surface area contributed by atoms with Gasteiger partial charge in [0, 0.05) is 50.6 Å². The summed E-state index contributed by atoms with van der Waals surface area (Å²) in [5, 5.41) is 12.3. The van der Waals surface area contributed by atoms with Gasteiger partial charge in [-0.25, -0.2) is 4.98 Å². The Morgan fingerprint density at radius 3 is 2.93 bits per heavy atom. The smallest absolute Gasteiger partial charge is 0.251 e. The summed E-state index contributed by atoms with van der Waals surface area (Å²) in [6.07, 6.45) is 2.37. The van der Waals surface area contributed by atoms with Crippen LogP contribution in [0.2, 0.25) is 0 Å².